The third-order valence-electron chi connectivity index (χ3n) is 2.31. The number of carboxylic acid groups (broad SMARTS) is 1. The summed E-state index contributed by atoms with van der Waals surface area (Å²) in [6.45, 7) is 0.806. The number of aryl methyl sites for hydroxylation is 1. The average molecular weight is 287 g/mol. The van der Waals surface area contributed by atoms with Crippen LogP contribution in [0.4, 0.5) is 0 Å². The van der Waals surface area contributed by atoms with E-state index in [1.807, 2.05) is 4.72 Å². The first kappa shape index (κ1) is 15.1. The number of aliphatic carboxylic acids is 1. The first-order valence-corrected chi connectivity index (χ1v) is 6.66. The van der Waals surface area contributed by atoms with Gasteiger partial charge in [0, 0.05) is 0 Å². The molecule has 7 nitrogen and oxygen atoms in total. The van der Waals surface area contributed by atoms with Crippen molar-refractivity contribution >= 4 is 22.0 Å². The molecule has 0 radical (unpaired) electrons. The van der Waals surface area contributed by atoms with Gasteiger partial charge in [0.15, 0.2) is 0 Å². The highest BCUT2D eigenvalue weighted by Gasteiger charge is 2.20. The number of esters is 1. The third-order valence-corrected chi connectivity index (χ3v) is 3.86. The van der Waals surface area contributed by atoms with Crippen LogP contribution in [-0.2, 0) is 19.6 Å². The van der Waals surface area contributed by atoms with E-state index in [0.717, 1.165) is 6.07 Å². The van der Waals surface area contributed by atoms with Crippen LogP contribution in [0, 0.1) is 6.92 Å². The Labute approximate surface area is 110 Å². The predicted octanol–water partition coefficient (Wildman–Crippen LogP) is 0.145. The molecule has 0 aliphatic heterocycles. The SMILES string of the molecule is COC(=O)c1ccc(C)c(S(=O)(=O)NCC(=O)O)c1. The van der Waals surface area contributed by atoms with Gasteiger partial charge in [-0.3, -0.25) is 4.79 Å². The van der Waals surface area contributed by atoms with E-state index < -0.39 is 28.5 Å². The Morgan fingerprint density at radius 3 is 2.53 bits per heavy atom. The fourth-order valence-corrected chi connectivity index (χ4v) is 2.61. The molecule has 0 saturated carbocycles. The Morgan fingerprint density at radius 1 is 1.37 bits per heavy atom. The number of sulfonamides is 1. The number of carbonyl (C=O) groups excluding carboxylic acids is 1. The molecule has 0 aromatic heterocycles. The van der Waals surface area contributed by atoms with Crippen LogP contribution in [0.3, 0.4) is 0 Å². The van der Waals surface area contributed by atoms with Crippen molar-refractivity contribution in [3.8, 4) is 0 Å². The van der Waals surface area contributed by atoms with E-state index in [9.17, 15) is 18.0 Å². The van der Waals surface area contributed by atoms with Gasteiger partial charge >= 0.3 is 11.9 Å². The molecule has 1 rings (SSSR count). The summed E-state index contributed by atoms with van der Waals surface area (Å²) >= 11 is 0. The lowest BCUT2D eigenvalue weighted by atomic mass is 10.1. The number of carboxylic acids is 1. The highest BCUT2D eigenvalue weighted by molar-refractivity contribution is 7.89. The summed E-state index contributed by atoms with van der Waals surface area (Å²) in [4.78, 5) is 21.6. The Balaban J connectivity index is 3.18. The maximum atomic E-state index is 11.9. The molecule has 0 aliphatic rings. The number of carbonyl (C=O) groups is 2. The minimum absolute atomic E-state index is 0.0730. The predicted molar refractivity (Wildman–Crippen MR) is 65.3 cm³/mol. The molecule has 0 heterocycles. The van der Waals surface area contributed by atoms with Crippen LogP contribution >= 0.6 is 0 Å². The summed E-state index contributed by atoms with van der Waals surface area (Å²) in [5, 5.41) is 8.47. The molecule has 0 saturated heterocycles. The van der Waals surface area contributed by atoms with Crippen molar-refractivity contribution in [3.63, 3.8) is 0 Å². The number of ether oxygens (including phenoxy) is 1. The van der Waals surface area contributed by atoms with Gasteiger partial charge in [-0.25, -0.2) is 13.2 Å². The molecule has 0 unspecified atom stereocenters. The van der Waals surface area contributed by atoms with Gasteiger partial charge < -0.3 is 9.84 Å². The van der Waals surface area contributed by atoms with Crippen molar-refractivity contribution in [1.82, 2.24) is 4.72 Å². The van der Waals surface area contributed by atoms with Crippen LogP contribution in [-0.4, -0.2) is 39.1 Å². The van der Waals surface area contributed by atoms with Crippen molar-refractivity contribution in [2.24, 2.45) is 0 Å². The molecule has 1 aromatic rings. The number of nitrogens with one attached hydrogen (secondary N) is 1. The maximum absolute atomic E-state index is 11.9. The van der Waals surface area contributed by atoms with Crippen molar-refractivity contribution in [2.45, 2.75) is 11.8 Å². The van der Waals surface area contributed by atoms with E-state index in [4.69, 9.17) is 5.11 Å². The lowest BCUT2D eigenvalue weighted by molar-refractivity contribution is -0.135. The summed E-state index contributed by atoms with van der Waals surface area (Å²) in [7, 11) is -2.81. The van der Waals surface area contributed by atoms with Crippen LogP contribution in [0.25, 0.3) is 0 Å². The molecule has 1 aromatic carbocycles. The zero-order valence-electron chi connectivity index (χ0n) is 10.3. The molecule has 19 heavy (non-hydrogen) atoms. The first-order valence-electron chi connectivity index (χ1n) is 5.18. The topological polar surface area (TPSA) is 110 Å². The fourth-order valence-electron chi connectivity index (χ4n) is 1.37. The Morgan fingerprint density at radius 2 is 2.00 bits per heavy atom. The molecular weight excluding hydrogens is 274 g/mol. The van der Waals surface area contributed by atoms with Gasteiger partial charge in [-0.2, -0.15) is 4.72 Å². The molecular formula is C11H13NO6S. The van der Waals surface area contributed by atoms with E-state index in [0.29, 0.717) is 5.56 Å². The number of rotatable bonds is 5. The van der Waals surface area contributed by atoms with Crippen LogP contribution in [0.5, 0.6) is 0 Å². The van der Waals surface area contributed by atoms with Gasteiger partial charge in [0.05, 0.1) is 17.6 Å². The number of hydrogen-bond acceptors (Lipinski definition) is 5. The summed E-state index contributed by atoms with van der Waals surface area (Å²) in [5.74, 6) is -1.97. The average Bonchev–Trinajstić information content (AvgIpc) is 2.36. The highest BCUT2D eigenvalue weighted by atomic mass is 32.2. The monoisotopic (exact) mass is 287 g/mol. The van der Waals surface area contributed by atoms with Crippen LogP contribution in [0.15, 0.2) is 23.1 Å². The van der Waals surface area contributed by atoms with Gasteiger partial charge in [-0.05, 0) is 24.6 Å². The lowest BCUT2D eigenvalue weighted by Crippen LogP contribution is -2.30. The molecule has 0 bridgehead atoms. The maximum Gasteiger partial charge on any atom is 0.337 e. The zero-order chi connectivity index (χ0) is 14.6. The second kappa shape index (κ2) is 5.81. The summed E-state index contributed by atoms with van der Waals surface area (Å²) in [5.41, 5.74) is 0.467. The fraction of sp³-hybridized carbons (Fsp3) is 0.273. The Hall–Kier alpha value is -1.93. The molecule has 0 amide bonds. The van der Waals surface area contributed by atoms with Crippen molar-refractivity contribution in [2.75, 3.05) is 13.7 Å². The summed E-state index contributed by atoms with van der Waals surface area (Å²) in [6, 6.07) is 4.02. The van der Waals surface area contributed by atoms with Crippen molar-refractivity contribution in [3.05, 3.63) is 29.3 Å². The number of methoxy groups -OCH3 is 1. The standard InChI is InChI=1S/C11H13NO6S/c1-7-3-4-8(11(15)18-2)5-9(7)19(16,17)12-6-10(13)14/h3-5,12H,6H2,1-2H3,(H,13,14). The van der Waals surface area contributed by atoms with Crippen LogP contribution < -0.4 is 4.72 Å². The van der Waals surface area contributed by atoms with Crippen LogP contribution in [0.2, 0.25) is 0 Å². The molecule has 0 aliphatic carbocycles. The van der Waals surface area contributed by atoms with Gasteiger partial charge in [0.1, 0.15) is 6.54 Å². The van der Waals surface area contributed by atoms with Gasteiger partial charge in [-0.1, -0.05) is 6.07 Å². The van der Waals surface area contributed by atoms with Crippen molar-refractivity contribution in [1.29, 1.82) is 0 Å². The summed E-state index contributed by atoms with van der Waals surface area (Å²) in [6.07, 6.45) is 0. The molecule has 2 N–H and O–H groups in total. The van der Waals surface area contributed by atoms with Gasteiger partial charge in [0.2, 0.25) is 10.0 Å². The second-order valence-electron chi connectivity index (χ2n) is 3.69. The number of benzene rings is 1. The Bertz CT molecular complexity index is 608. The smallest absolute Gasteiger partial charge is 0.337 e. The lowest BCUT2D eigenvalue weighted by Gasteiger charge is -2.09. The zero-order valence-corrected chi connectivity index (χ0v) is 11.2. The van der Waals surface area contributed by atoms with Crippen molar-refractivity contribution < 1.29 is 27.9 Å². The van der Waals surface area contributed by atoms with E-state index in [1.165, 1.54) is 26.2 Å². The van der Waals surface area contributed by atoms with Crippen LogP contribution in [0.1, 0.15) is 15.9 Å². The summed E-state index contributed by atoms with van der Waals surface area (Å²) < 4.78 is 30.2. The normalized spacial score (nSPS) is 11.1. The molecule has 8 heteroatoms. The van der Waals surface area contributed by atoms with E-state index >= 15 is 0 Å². The molecule has 104 valence electrons. The quantitative estimate of drug-likeness (QED) is 0.746. The number of hydrogen-bond donors (Lipinski definition) is 2. The second-order valence-corrected chi connectivity index (χ2v) is 5.43. The van der Waals surface area contributed by atoms with Gasteiger partial charge in [-0.15, -0.1) is 0 Å². The first-order chi connectivity index (χ1) is 8.77. The van der Waals surface area contributed by atoms with E-state index in [-0.39, 0.29) is 10.5 Å². The largest absolute Gasteiger partial charge is 0.480 e. The highest BCUT2D eigenvalue weighted by Crippen LogP contribution is 2.17. The minimum atomic E-state index is -3.99. The minimum Gasteiger partial charge on any atom is -0.480 e. The van der Waals surface area contributed by atoms with E-state index in [2.05, 4.69) is 4.74 Å². The molecule has 0 fully saturated rings. The molecule has 0 atom stereocenters. The van der Waals surface area contributed by atoms with E-state index in [1.54, 1.807) is 0 Å². The van der Waals surface area contributed by atoms with Gasteiger partial charge in [0.25, 0.3) is 0 Å². The third kappa shape index (κ3) is 3.76. The Kier molecular flexibility index (Phi) is 4.62. The molecule has 0 spiro atoms.